The Hall–Kier alpha value is -1.30. The predicted octanol–water partition coefficient (Wildman–Crippen LogP) is -1.68. The summed E-state index contributed by atoms with van der Waals surface area (Å²) >= 11 is 0. The van der Waals surface area contributed by atoms with Gasteiger partial charge in [-0.25, -0.2) is 4.79 Å². The van der Waals surface area contributed by atoms with Crippen molar-refractivity contribution in [1.29, 1.82) is 0 Å². The van der Waals surface area contributed by atoms with Gasteiger partial charge in [0.15, 0.2) is 0 Å². The van der Waals surface area contributed by atoms with E-state index in [0.29, 0.717) is 0 Å². The largest absolute Gasteiger partial charge is 0.447 e. The van der Waals surface area contributed by atoms with E-state index in [4.69, 9.17) is 10.8 Å². The number of primary amides is 2. The van der Waals surface area contributed by atoms with Crippen LogP contribution in [0, 0.1) is 0 Å². The standard InChI is InChI=1S/C5H10N2O4/c6-4(9)1-3(8)2-11-5(7)10/h3,8H,1-2H2,(H2,6,9)(H2,7,10). The molecule has 1 unspecified atom stereocenters. The maximum Gasteiger partial charge on any atom is 0.404 e. The molecule has 0 rings (SSSR count). The number of aliphatic hydroxyl groups excluding tert-OH is 1. The second-order valence-corrected chi connectivity index (χ2v) is 1.95. The van der Waals surface area contributed by atoms with Crippen molar-refractivity contribution in [3.8, 4) is 0 Å². The Morgan fingerprint density at radius 3 is 2.36 bits per heavy atom. The summed E-state index contributed by atoms with van der Waals surface area (Å²) in [5, 5.41) is 8.83. The van der Waals surface area contributed by atoms with Crippen molar-refractivity contribution in [2.45, 2.75) is 12.5 Å². The summed E-state index contributed by atoms with van der Waals surface area (Å²) in [5.41, 5.74) is 9.31. The molecular weight excluding hydrogens is 152 g/mol. The van der Waals surface area contributed by atoms with E-state index in [0.717, 1.165) is 0 Å². The zero-order valence-corrected chi connectivity index (χ0v) is 5.82. The smallest absolute Gasteiger partial charge is 0.404 e. The monoisotopic (exact) mass is 162 g/mol. The van der Waals surface area contributed by atoms with Gasteiger partial charge >= 0.3 is 6.09 Å². The molecule has 0 radical (unpaired) electrons. The lowest BCUT2D eigenvalue weighted by molar-refractivity contribution is -0.120. The number of carbonyl (C=O) groups excluding carboxylic acids is 2. The third-order valence-corrected chi connectivity index (χ3v) is 0.855. The SMILES string of the molecule is NC(=O)CC(O)COC(N)=O. The highest BCUT2D eigenvalue weighted by atomic mass is 16.6. The van der Waals surface area contributed by atoms with Crippen molar-refractivity contribution in [1.82, 2.24) is 0 Å². The quantitative estimate of drug-likeness (QED) is 0.457. The Morgan fingerprint density at radius 1 is 1.45 bits per heavy atom. The third kappa shape index (κ3) is 6.59. The highest BCUT2D eigenvalue weighted by Gasteiger charge is 2.08. The minimum Gasteiger partial charge on any atom is -0.447 e. The van der Waals surface area contributed by atoms with E-state index in [9.17, 15) is 9.59 Å². The van der Waals surface area contributed by atoms with Crippen LogP contribution in [0.4, 0.5) is 4.79 Å². The molecule has 0 saturated heterocycles. The molecule has 0 fully saturated rings. The molecule has 6 heteroatoms. The highest BCUT2D eigenvalue weighted by Crippen LogP contribution is 1.90. The molecule has 0 spiro atoms. The Bertz CT molecular complexity index is 159. The van der Waals surface area contributed by atoms with E-state index >= 15 is 0 Å². The number of nitrogens with two attached hydrogens (primary N) is 2. The van der Waals surface area contributed by atoms with Crippen LogP contribution in [0.25, 0.3) is 0 Å². The molecule has 0 aliphatic heterocycles. The van der Waals surface area contributed by atoms with Crippen molar-refractivity contribution >= 4 is 12.0 Å². The summed E-state index contributed by atoms with van der Waals surface area (Å²) in [6.45, 7) is -0.307. The van der Waals surface area contributed by atoms with Gasteiger partial charge in [-0.2, -0.15) is 0 Å². The zero-order valence-electron chi connectivity index (χ0n) is 5.82. The van der Waals surface area contributed by atoms with Gasteiger partial charge < -0.3 is 21.3 Å². The first kappa shape index (κ1) is 9.70. The molecule has 0 saturated carbocycles. The molecular formula is C5H10N2O4. The first-order valence-electron chi connectivity index (χ1n) is 2.91. The number of aliphatic hydroxyl groups is 1. The molecule has 6 nitrogen and oxygen atoms in total. The van der Waals surface area contributed by atoms with E-state index in [2.05, 4.69) is 10.5 Å². The van der Waals surface area contributed by atoms with Crippen LogP contribution in [0.15, 0.2) is 0 Å². The molecule has 0 heterocycles. The summed E-state index contributed by atoms with van der Waals surface area (Å²) in [5.74, 6) is -0.662. The molecule has 2 amide bonds. The van der Waals surface area contributed by atoms with E-state index in [1.54, 1.807) is 0 Å². The van der Waals surface area contributed by atoms with Crippen LogP contribution < -0.4 is 11.5 Å². The fourth-order valence-electron chi connectivity index (χ4n) is 0.469. The molecule has 11 heavy (non-hydrogen) atoms. The second kappa shape index (κ2) is 4.51. The number of hydrogen-bond acceptors (Lipinski definition) is 4. The van der Waals surface area contributed by atoms with Crippen LogP contribution in [0.2, 0.25) is 0 Å². The Balaban J connectivity index is 3.44. The van der Waals surface area contributed by atoms with Gasteiger partial charge in [0.2, 0.25) is 5.91 Å². The molecule has 5 N–H and O–H groups in total. The Labute approximate surface area is 63.1 Å². The van der Waals surface area contributed by atoms with E-state index in [1.165, 1.54) is 0 Å². The Kier molecular flexibility index (Phi) is 3.97. The van der Waals surface area contributed by atoms with Gasteiger partial charge in [0.25, 0.3) is 0 Å². The summed E-state index contributed by atoms with van der Waals surface area (Å²) in [4.78, 5) is 20.1. The average molecular weight is 162 g/mol. The topological polar surface area (TPSA) is 116 Å². The van der Waals surface area contributed by atoms with Crippen molar-refractivity contribution in [3.05, 3.63) is 0 Å². The minimum atomic E-state index is -1.07. The van der Waals surface area contributed by atoms with Crippen LogP contribution in [-0.4, -0.2) is 29.8 Å². The lowest BCUT2D eigenvalue weighted by atomic mass is 10.2. The van der Waals surface area contributed by atoms with Crippen LogP contribution in [0.5, 0.6) is 0 Å². The highest BCUT2D eigenvalue weighted by molar-refractivity contribution is 5.74. The third-order valence-electron chi connectivity index (χ3n) is 0.855. The Morgan fingerprint density at radius 2 is 2.00 bits per heavy atom. The fraction of sp³-hybridized carbons (Fsp3) is 0.600. The van der Waals surface area contributed by atoms with Crippen LogP contribution in [0.1, 0.15) is 6.42 Å². The van der Waals surface area contributed by atoms with Gasteiger partial charge in [-0.05, 0) is 0 Å². The average Bonchev–Trinajstić information content (AvgIpc) is 1.82. The number of ether oxygens (including phenoxy) is 1. The fourth-order valence-corrected chi connectivity index (χ4v) is 0.469. The van der Waals surface area contributed by atoms with E-state index < -0.39 is 18.1 Å². The lowest BCUT2D eigenvalue weighted by Crippen LogP contribution is -2.26. The normalized spacial score (nSPS) is 12.1. The maximum absolute atomic E-state index is 10.1. The number of carbonyl (C=O) groups is 2. The maximum atomic E-state index is 10.1. The first-order chi connectivity index (χ1) is 5.02. The number of rotatable bonds is 4. The van der Waals surface area contributed by atoms with Gasteiger partial charge in [-0.1, -0.05) is 0 Å². The van der Waals surface area contributed by atoms with Crippen LogP contribution in [0.3, 0.4) is 0 Å². The van der Waals surface area contributed by atoms with Crippen molar-refractivity contribution in [3.63, 3.8) is 0 Å². The molecule has 64 valence electrons. The molecule has 0 aromatic carbocycles. The zero-order chi connectivity index (χ0) is 8.85. The predicted molar refractivity (Wildman–Crippen MR) is 35.4 cm³/mol. The number of hydrogen-bond donors (Lipinski definition) is 3. The van der Waals surface area contributed by atoms with Gasteiger partial charge in [-0.3, -0.25) is 4.79 Å². The van der Waals surface area contributed by atoms with Crippen molar-refractivity contribution in [2.75, 3.05) is 6.61 Å². The van der Waals surface area contributed by atoms with E-state index in [1.807, 2.05) is 0 Å². The van der Waals surface area contributed by atoms with Crippen molar-refractivity contribution < 1.29 is 19.4 Å². The lowest BCUT2D eigenvalue weighted by Gasteiger charge is -2.06. The molecule has 0 aliphatic carbocycles. The molecule has 0 bridgehead atoms. The minimum absolute atomic E-state index is 0.243. The second-order valence-electron chi connectivity index (χ2n) is 1.95. The van der Waals surface area contributed by atoms with Gasteiger partial charge in [0.05, 0.1) is 12.5 Å². The van der Waals surface area contributed by atoms with Gasteiger partial charge in [0, 0.05) is 0 Å². The van der Waals surface area contributed by atoms with E-state index in [-0.39, 0.29) is 13.0 Å². The van der Waals surface area contributed by atoms with Crippen LogP contribution in [-0.2, 0) is 9.53 Å². The van der Waals surface area contributed by atoms with Crippen molar-refractivity contribution in [2.24, 2.45) is 11.5 Å². The number of amides is 2. The summed E-state index contributed by atoms with van der Waals surface area (Å²) < 4.78 is 4.19. The summed E-state index contributed by atoms with van der Waals surface area (Å²) in [7, 11) is 0. The molecule has 0 aromatic heterocycles. The van der Waals surface area contributed by atoms with Gasteiger partial charge in [0.1, 0.15) is 6.61 Å². The molecule has 0 aromatic rings. The molecule has 1 atom stereocenters. The first-order valence-corrected chi connectivity index (χ1v) is 2.91. The molecule has 0 aliphatic rings. The summed E-state index contributed by atoms with van der Waals surface area (Å²) in [6, 6.07) is 0. The van der Waals surface area contributed by atoms with Gasteiger partial charge in [-0.15, -0.1) is 0 Å². The van der Waals surface area contributed by atoms with Crippen LogP contribution >= 0.6 is 0 Å². The summed E-state index contributed by atoms with van der Waals surface area (Å²) in [6.07, 6.45) is -2.30.